The molecule has 2 atom stereocenters. The van der Waals surface area contributed by atoms with Crippen LogP contribution in [0.25, 0.3) is 28.1 Å². The van der Waals surface area contributed by atoms with Gasteiger partial charge in [-0.2, -0.15) is 5.10 Å². The quantitative estimate of drug-likeness (QED) is 0.341. The number of hydrogen-bond donors (Lipinski definition) is 0. The zero-order valence-corrected chi connectivity index (χ0v) is 20.8. The second-order valence-electron chi connectivity index (χ2n) is 9.97. The molecule has 7 rings (SSSR count). The number of nitrogens with zero attached hydrogens (tertiary/aromatic N) is 6. The lowest BCUT2D eigenvalue weighted by Gasteiger charge is -2.38. The van der Waals surface area contributed by atoms with Gasteiger partial charge in [-0.1, -0.05) is 48.2 Å². The van der Waals surface area contributed by atoms with E-state index in [0.29, 0.717) is 28.0 Å². The molecule has 4 heterocycles. The first-order chi connectivity index (χ1) is 17.1. The molecule has 8 heteroatoms. The molecule has 3 fully saturated rings. The van der Waals surface area contributed by atoms with Crippen molar-refractivity contribution in [2.75, 3.05) is 18.0 Å². The topological polar surface area (TPSA) is 50.1 Å². The van der Waals surface area contributed by atoms with Crippen LogP contribution in [0.2, 0.25) is 10.0 Å². The van der Waals surface area contributed by atoms with Crippen LogP contribution in [0.5, 0.6) is 0 Å². The average Bonchev–Trinajstić information content (AvgIpc) is 3.67. The average molecular weight is 505 g/mol. The summed E-state index contributed by atoms with van der Waals surface area (Å²) in [6.45, 7) is 2.11. The van der Waals surface area contributed by atoms with Gasteiger partial charge in [0.15, 0.2) is 17.2 Å². The Balaban J connectivity index is 1.32. The first-order valence-corrected chi connectivity index (χ1v) is 13.2. The van der Waals surface area contributed by atoms with Gasteiger partial charge >= 0.3 is 0 Å². The van der Waals surface area contributed by atoms with Gasteiger partial charge in [-0.15, -0.1) is 0 Å². The maximum atomic E-state index is 6.50. The van der Waals surface area contributed by atoms with Crippen molar-refractivity contribution in [3.05, 3.63) is 64.8 Å². The predicted molar refractivity (Wildman–Crippen MR) is 141 cm³/mol. The highest BCUT2D eigenvalue weighted by Crippen LogP contribution is 2.40. The summed E-state index contributed by atoms with van der Waals surface area (Å²) in [7, 11) is 0. The van der Waals surface area contributed by atoms with Crippen LogP contribution in [0.4, 0.5) is 5.82 Å². The Morgan fingerprint density at radius 2 is 1.63 bits per heavy atom. The molecule has 2 aromatic heterocycles. The zero-order valence-electron chi connectivity index (χ0n) is 19.3. The van der Waals surface area contributed by atoms with Crippen molar-refractivity contribution in [2.45, 2.75) is 50.2 Å². The normalized spacial score (nSPS) is 22.6. The number of para-hydroxylation sites is 1. The fourth-order valence-electron chi connectivity index (χ4n) is 6.23. The molecule has 2 unspecified atom stereocenters. The lowest BCUT2D eigenvalue weighted by atomic mass is 10.1. The van der Waals surface area contributed by atoms with E-state index in [0.717, 1.165) is 47.2 Å². The summed E-state index contributed by atoms with van der Waals surface area (Å²) >= 11 is 12.6. The van der Waals surface area contributed by atoms with Crippen LogP contribution < -0.4 is 4.90 Å². The van der Waals surface area contributed by atoms with Crippen LogP contribution in [0.3, 0.4) is 0 Å². The van der Waals surface area contributed by atoms with E-state index < -0.39 is 0 Å². The van der Waals surface area contributed by atoms with Gasteiger partial charge < -0.3 is 4.90 Å². The number of rotatable bonds is 4. The fraction of sp³-hybridized carbons (Fsp3) is 0.370. The molecule has 2 bridgehead atoms. The molecule has 0 radical (unpaired) electrons. The number of anilines is 1. The van der Waals surface area contributed by atoms with Gasteiger partial charge in [-0.05, 0) is 55.7 Å². The van der Waals surface area contributed by atoms with Crippen LogP contribution in [-0.4, -0.2) is 55.9 Å². The minimum Gasteiger partial charge on any atom is -0.349 e. The highest BCUT2D eigenvalue weighted by Gasteiger charge is 2.47. The standard InChI is InChI=1S/C27H26Cl2N6/c28-18-11-9-17(10-12-18)26-30-23-16-35(24-8-4-3-7-22(24)29)32-25(23)27(31-26)34-15-20-13-21(34)14-33(20)19-5-1-2-6-19/h3-4,7-12,16,19-21H,1-2,5-6,13-15H2. The molecular formula is C27H26Cl2N6. The summed E-state index contributed by atoms with van der Waals surface area (Å²) in [5, 5.41) is 6.30. The minimum atomic E-state index is 0.460. The van der Waals surface area contributed by atoms with Crippen molar-refractivity contribution in [3.8, 4) is 17.1 Å². The smallest absolute Gasteiger partial charge is 0.162 e. The number of halogens is 2. The van der Waals surface area contributed by atoms with E-state index in [9.17, 15) is 0 Å². The number of fused-ring (bicyclic) bond motifs is 3. The van der Waals surface area contributed by atoms with Crippen molar-refractivity contribution in [3.63, 3.8) is 0 Å². The molecule has 2 aliphatic heterocycles. The summed E-state index contributed by atoms with van der Waals surface area (Å²) < 4.78 is 1.83. The summed E-state index contributed by atoms with van der Waals surface area (Å²) in [6, 6.07) is 17.3. The van der Waals surface area contributed by atoms with E-state index in [-0.39, 0.29) is 0 Å². The molecule has 2 aromatic carbocycles. The molecule has 6 nitrogen and oxygen atoms in total. The lowest BCUT2D eigenvalue weighted by molar-refractivity contribution is 0.170. The van der Waals surface area contributed by atoms with Gasteiger partial charge in [0, 0.05) is 41.8 Å². The molecule has 0 spiro atoms. The Kier molecular flexibility index (Phi) is 5.23. The molecule has 3 aliphatic rings. The summed E-state index contributed by atoms with van der Waals surface area (Å²) in [6.07, 6.45) is 8.61. The molecule has 35 heavy (non-hydrogen) atoms. The highest BCUT2D eigenvalue weighted by molar-refractivity contribution is 6.32. The number of hydrogen-bond acceptors (Lipinski definition) is 5. The van der Waals surface area contributed by atoms with E-state index in [1.165, 1.54) is 32.1 Å². The third kappa shape index (κ3) is 3.70. The Hall–Kier alpha value is -2.67. The van der Waals surface area contributed by atoms with Gasteiger partial charge in [0.1, 0.15) is 5.52 Å². The minimum absolute atomic E-state index is 0.460. The van der Waals surface area contributed by atoms with Crippen molar-refractivity contribution in [1.29, 1.82) is 0 Å². The maximum absolute atomic E-state index is 6.50. The Morgan fingerprint density at radius 3 is 2.37 bits per heavy atom. The van der Waals surface area contributed by atoms with Gasteiger partial charge in [0.25, 0.3) is 0 Å². The highest BCUT2D eigenvalue weighted by atomic mass is 35.5. The molecule has 1 saturated carbocycles. The second-order valence-corrected chi connectivity index (χ2v) is 10.8. The number of aromatic nitrogens is 4. The Labute approximate surface area is 214 Å². The van der Waals surface area contributed by atoms with Crippen LogP contribution in [0.1, 0.15) is 32.1 Å². The van der Waals surface area contributed by atoms with E-state index in [1.54, 1.807) is 0 Å². The van der Waals surface area contributed by atoms with E-state index in [4.69, 9.17) is 38.3 Å². The van der Waals surface area contributed by atoms with Gasteiger partial charge in [-0.3, -0.25) is 4.90 Å². The SMILES string of the molecule is Clc1ccc(-c2nc(N3CC4CC3CN4C3CCCC3)c3nn(-c4ccccc4Cl)cc3n2)cc1. The van der Waals surface area contributed by atoms with Crippen LogP contribution in [0, 0.1) is 0 Å². The first kappa shape index (κ1) is 21.6. The van der Waals surface area contributed by atoms with E-state index >= 15 is 0 Å². The van der Waals surface area contributed by atoms with Crippen molar-refractivity contribution in [2.24, 2.45) is 0 Å². The van der Waals surface area contributed by atoms with Crippen LogP contribution in [-0.2, 0) is 0 Å². The summed E-state index contributed by atoms with van der Waals surface area (Å²) in [5.41, 5.74) is 3.42. The molecule has 178 valence electrons. The summed E-state index contributed by atoms with van der Waals surface area (Å²) in [5.74, 6) is 1.61. The molecule has 2 saturated heterocycles. The summed E-state index contributed by atoms with van der Waals surface area (Å²) in [4.78, 5) is 15.3. The monoisotopic (exact) mass is 504 g/mol. The van der Waals surface area contributed by atoms with Crippen LogP contribution >= 0.6 is 23.2 Å². The third-order valence-corrected chi connectivity index (χ3v) is 8.47. The molecule has 1 aliphatic carbocycles. The van der Waals surface area contributed by atoms with Crippen molar-refractivity contribution in [1.82, 2.24) is 24.6 Å². The second kappa shape index (κ2) is 8.47. The van der Waals surface area contributed by atoms with E-state index in [2.05, 4.69) is 9.80 Å². The Morgan fingerprint density at radius 1 is 0.829 bits per heavy atom. The van der Waals surface area contributed by atoms with Crippen molar-refractivity contribution >= 4 is 40.1 Å². The first-order valence-electron chi connectivity index (χ1n) is 12.4. The largest absolute Gasteiger partial charge is 0.349 e. The van der Waals surface area contributed by atoms with Gasteiger partial charge in [0.05, 0.1) is 16.9 Å². The van der Waals surface area contributed by atoms with Crippen LogP contribution in [0.15, 0.2) is 54.7 Å². The fourth-order valence-corrected chi connectivity index (χ4v) is 6.58. The number of benzene rings is 2. The van der Waals surface area contributed by atoms with Crippen molar-refractivity contribution < 1.29 is 0 Å². The number of likely N-dealkylation sites (tertiary alicyclic amines) is 1. The molecule has 4 aromatic rings. The van der Waals surface area contributed by atoms with Gasteiger partial charge in [-0.25, -0.2) is 14.6 Å². The number of piperazine rings is 1. The molecule has 0 N–H and O–H groups in total. The third-order valence-electron chi connectivity index (χ3n) is 7.90. The lowest BCUT2D eigenvalue weighted by Crippen LogP contribution is -2.50. The maximum Gasteiger partial charge on any atom is 0.162 e. The Bertz CT molecular complexity index is 1390. The molecule has 0 amide bonds. The van der Waals surface area contributed by atoms with Gasteiger partial charge in [0.2, 0.25) is 0 Å². The zero-order chi connectivity index (χ0) is 23.5. The predicted octanol–water partition coefficient (Wildman–Crippen LogP) is 5.99. The molecular weight excluding hydrogens is 479 g/mol. The van der Waals surface area contributed by atoms with E-state index in [1.807, 2.05) is 59.4 Å².